The van der Waals surface area contributed by atoms with Crippen LogP contribution in [0.2, 0.25) is 0 Å². The maximum atomic E-state index is 12.3. The van der Waals surface area contributed by atoms with Crippen molar-refractivity contribution in [3.63, 3.8) is 0 Å². The molecule has 24 heavy (non-hydrogen) atoms. The summed E-state index contributed by atoms with van der Waals surface area (Å²) in [6, 6.07) is 7.78. The molecule has 5 nitrogen and oxygen atoms in total. The standard InChI is InChI=1S/C19H28N2O3/c20-10-11-23-17-6-4-15(5-7-17)12-18(22)21-16-13-19(24-14-16)8-2-1-3-9-19/h4-7,16H,1-3,8-14,20H2,(H,21,22). The fourth-order valence-corrected chi connectivity index (χ4v) is 3.83. The lowest BCUT2D eigenvalue weighted by Crippen LogP contribution is -2.38. The Morgan fingerprint density at radius 2 is 2.00 bits per heavy atom. The van der Waals surface area contributed by atoms with Gasteiger partial charge in [0.25, 0.3) is 0 Å². The van der Waals surface area contributed by atoms with E-state index in [-0.39, 0.29) is 17.6 Å². The van der Waals surface area contributed by atoms with Gasteiger partial charge in [-0.3, -0.25) is 4.79 Å². The highest BCUT2D eigenvalue weighted by Gasteiger charge is 2.41. The Labute approximate surface area is 143 Å². The molecule has 5 heteroatoms. The summed E-state index contributed by atoms with van der Waals surface area (Å²) in [5, 5.41) is 3.14. The van der Waals surface area contributed by atoms with Crippen LogP contribution in [0, 0.1) is 0 Å². The monoisotopic (exact) mass is 332 g/mol. The third-order valence-corrected chi connectivity index (χ3v) is 5.01. The molecule has 1 aromatic carbocycles. The van der Waals surface area contributed by atoms with Gasteiger partial charge in [-0.15, -0.1) is 0 Å². The predicted molar refractivity (Wildman–Crippen MR) is 93.0 cm³/mol. The van der Waals surface area contributed by atoms with Crippen LogP contribution in [-0.4, -0.2) is 37.3 Å². The van der Waals surface area contributed by atoms with Gasteiger partial charge in [-0.25, -0.2) is 0 Å². The molecule has 0 bridgehead atoms. The molecule has 1 aliphatic heterocycles. The Kier molecular flexibility index (Phi) is 5.74. The maximum absolute atomic E-state index is 12.3. The number of hydrogen-bond donors (Lipinski definition) is 2. The molecule has 1 saturated heterocycles. The first kappa shape index (κ1) is 17.2. The smallest absolute Gasteiger partial charge is 0.224 e. The van der Waals surface area contributed by atoms with Gasteiger partial charge in [-0.2, -0.15) is 0 Å². The molecule has 1 aliphatic carbocycles. The van der Waals surface area contributed by atoms with Crippen LogP contribution in [0.3, 0.4) is 0 Å². The van der Waals surface area contributed by atoms with Crippen molar-refractivity contribution in [3.8, 4) is 5.75 Å². The van der Waals surface area contributed by atoms with E-state index in [2.05, 4.69) is 5.32 Å². The van der Waals surface area contributed by atoms with Crippen molar-refractivity contribution in [2.75, 3.05) is 19.8 Å². The first-order valence-corrected chi connectivity index (χ1v) is 9.04. The zero-order chi connectivity index (χ0) is 16.8. The van der Waals surface area contributed by atoms with Crippen LogP contribution in [0.1, 0.15) is 44.1 Å². The Morgan fingerprint density at radius 3 is 2.71 bits per heavy atom. The van der Waals surface area contributed by atoms with Crippen LogP contribution in [-0.2, 0) is 16.0 Å². The van der Waals surface area contributed by atoms with Crippen LogP contribution in [0.4, 0.5) is 0 Å². The Bertz CT molecular complexity index is 538. The second-order valence-electron chi connectivity index (χ2n) is 6.98. The van der Waals surface area contributed by atoms with Gasteiger partial charge in [-0.1, -0.05) is 31.4 Å². The number of carbonyl (C=O) groups is 1. The number of benzene rings is 1. The zero-order valence-electron chi connectivity index (χ0n) is 14.3. The number of ether oxygens (including phenoxy) is 2. The molecule has 2 aliphatic rings. The summed E-state index contributed by atoms with van der Waals surface area (Å²) < 4.78 is 11.5. The van der Waals surface area contributed by atoms with E-state index >= 15 is 0 Å². The van der Waals surface area contributed by atoms with Crippen LogP contribution < -0.4 is 15.8 Å². The van der Waals surface area contributed by atoms with Crippen molar-refractivity contribution >= 4 is 5.91 Å². The van der Waals surface area contributed by atoms with Crippen molar-refractivity contribution in [2.24, 2.45) is 5.73 Å². The maximum Gasteiger partial charge on any atom is 0.224 e. The minimum absolute atomic E-state index is 0.0399. The molecule has 2 fully saturated rings. The molecule has 3 N–H and O–H groups in total. The van der Waals surface area contributed by atoms with E-state index in [1.165, 1.54) is 19.3 Å². The minimum atomic E-state index is 0.0399. The number of rotatable bonds is 6. The van der Waals surface area contributed by atoms with Gasteiger partial charge in [0.2, 0.25) is 5.91 Å². The lowest BCUT2D eigenvalue weighted by molar-refractivity contribution is -0.121. The molecule has 132 valence electrons. The van der Waals surface area contributed by atoms with Gasteiger partial charge in [0.15, 0.2) is 0 Å². The molecule has 1 unspecified atom stereocenters. The third kappa shape index (κ3) is 4.48. The number of amides is 1. The number of nitrogens with one attached hydrogen (secondary N) is 1. The summed E-state index contributed by atoms with van der Waals surface area (Å²) in [5.74, 6) is 0.847. The average Bonchev–Trinajstić information content (AvgIpc) is 2.96. The largest absolute Gasteiger partial charge is 0.492 e. The number of nitrogens with two attached hydrogens (primary N) is 1. The van der Waals surface area contributed by atoms with Crippen molar-refractivity contribution in [3.05, 3.63) is 29.8 Å². The van der Waals surface area contributed by atoms with Crippen LogP contribution >= 0.6 is 0 Å². The molecule has 0 radical (unpaired) electrons. The molecule has 1 spiro atoms. The van der Waals surface area contributed by atoms with Crippen LogP contribution in [0.5, 0.6) is 5.75 Å². The summed E-state index contributed by atoms with van der Waals surface area (Å²) in [6.07, 6.45) is 7.45. The molecule has 1 amide bonds. The number of carbonyl (C=O) groups excluding carboxylic acids is 1. The Hall–Kier alpha value is -1.59. The lowest BCUT2D eigenvalue weighted by Gasteiger charge is -2.32. The van der Waals surface area contributed by atoms with Gasteiger partial charge in [-0.05, 0) is 37.0 Å². The lowest BCUT2D eigenvalue weighted by atomic mass is 9.82. The highest BCUT2D eigenvalue weighted by atomic mass is 16.5. The van der Waals surface area contributed by atoms with E-state index in [4.69, 9.17) is 15.2 Å². The predicted octanol–water partition coefficient (Wildman–Crippen LogP) is 2.17. The highest BCUT2D eigenvalue weighted by molar-refractivity contribution is 5.79. The first-order valence-electron chi connectivity index (χ1n) is 9.04. The molecular formula is C19H28N2O3. The molecule has 3 rings (SSSR count). The quantitative estimate of drug-likeness (QED) is 0.837. The van der Waals surface area contributed by atoms with Crippen molar-refractivity contribution in [2.45, 2.75) is 56.6 Å². The second kappa shape index (κ2) is 7.99. The Morgan fingerprint density at radius 1 is 1.25 bits per heavy atom. The molecule has 0 aromatic heterocycles. The van der Waals surface area contributed by atoms with E-state index in [1.807, 2.05) is 24.3 Å². The Balaban J connectivity index is 1.45. The third-order valence-electron chi connectivity index (χ3n) is 5.01. The normalized spacial score (nSPS) is 22.5. The van der Waals surface area contributed by atoms with E-state index < -0.39 is 0 Å². The fourth-order valence-electron chi connectivity index (χ4n) is 3.83. The first-order chi connectivity index (χ1) is 11.7. The van der Waals surface area contributed by atoms with Crippen molar-refractivity contribution in [1.29, 1.82) is 0 Å². The van der Waals surface area contributed by atoms with E-state index in [0.29, 0.717) is 26.2 Å². The molecular weight excluding hydrogens is 304 g/mol. The van der Waals surface area contributed by atoms with Crippen molar-refractivity contribution < 1.29 is 14.3 Å². The summed E-state index contributed by atoms with van der Waals surface area (Å²) in [5.41, 5.74) is 6.44. The summed E-state index contributed by atoms with van der Waals surface area (Å²) in [7, 11) is 0. The summed E-state index contributed by atoms with van der Waals surface area (Å²) in [6.45, 7) is 1.65. The molecule has 1 aromatic rings. The molecule has 1 saturated carbocycles. The van der Waals surface area contributed by atoms with Crippen LogP contribution in [0.25, 0.3) is 0 Å². The van der Waals surface area contributed by atoms with Gasteiger partial charge < -0.3 is 20.5 Å². The minimum Gasteiger partial charge on any atom is -0.492 e. The summed E-state index contributed by atoms with van der Waals surface area (Å²) >= 11 is 0. The second-order valence-corrected chi connectivity index (χ2v) is 6.98. The topological polar surface area (TPSA) is 73.6 Å². The zero-order valence-corrected chi connectivity index (χ0v) is 14.3. The van der Waals surface area contributed by atoms with E-state index in [0.717, 1.165) is 30.6 Å². The summed E-state index contributed by atoms with van der Waals surface area (Å²) in [4.78, 5) is 12.3. The SMILES string of the molecule is NCCOc1ccc(CC(=O)NC2COC3(CCCCC3)C2)cc1. The van der Waals surface area contributed by atoms with E-state index in [9.17, 15) is 4.79 Å². The van der Waals surface area contributed by atoms with Crippen molar-refractivity contribution in [1.82, 2.24) is 5.32 Å². The molecule has 1 heterocycles. The van der Waals surface area contributed by atoms with Gasteiger partial charge >= 0.3 is 0 Å². The average molecular weight is 332 g/mol. The van der Waals surface area contributed by atoms with Gasteiger partial charge in [0, 0.05) is 6.54 Å². The number of hydrogen-bond acceptors (Lipinski definition) is 4. The van der Waals surface area contributed by atoms with Gasteiger partial charge in [0.1, 0.15) is 12.4 Å². The fraction of sp³-hybridized carbons (Fsp3) is 0.632. The van der Waals surface area contributed by atoms with E-state index in [1.54, 1.807) is 0 Å². The highest BCUT2D eigenvalue weighted by Crippen LogP contribution is 2.39. The van der Waals surface area contributed by atoms with Gasteiger partial charge in [0.05, 0.1) is 24.7 Å². The molecule has 1 atom stereocenters. The van der Waals surface area contributed by atoms with Crippen LogP contribution in [0.15, 0.2) is 24.3 Å².